The highest BCUT2D eigenvalue weighted by atomic mass is 16.3. The molecular weight excluding hydrogens is 214 g/mol. The molecule has 17 heavy (non-hydrogen) atoms. The Labute approximate surface area is 105 Å². The third-order valence-electron chi connectivity index (χ3n) is 4.36. The van der Waals surface area contributed by atoms with Gasteiger partial charge in [-0.25, -0.2) is 0 Å². The summed E-state index contributed by atoms with van der Waals surface area (Å²) in [6, 6.07) is 1.12. The van der Waals surface area contributed by atoms with E-state index in [0.717, 1.165) is 26.1 Å². The van der Waals surface area contributed by atoms with Crippen LogP contribution in [-0.4, -0.2) is 66.8 Å². The van der Waals surface area contributed by atoms with Gasteiger partial charge in [-0.2, -0.15) is 0 Å². The fourth-order valence-corrected chi connectivity index (χ4v) is 3.65. The molecule has 1 saturated carbocycles. The van der Waals surface area contributed by atoms with Gasteiger partial charge in [-0.05, 0) is 45.8 Å². The minimum absolute atomic E-state index is 0.140. The van der Waals surface area contributed by atoms with Crippen molar-refractivity contribution >= 4 is 0 Å². The summed E-state index contributed by atoms with van der Waals surface area (Å²) in [7, 11) is 4.22. The Bertz CT molecular complexity index is 247. The number of rotatable bonds is 4. The van der Waals surface area contributed by atoms with Crippen LogP contribution in [-0.2, 0) is 0 Å². The fourth-order valence-electron chi connectivity index (χ4n) is 3.65. The highest BCUT2D eigenvalue weighted by Gasteiger charge is 2.40. The number of nitrogens with two attached hydrogens (primary N) is 1. The van der Waals surface area contributed by atoms with Gasteiger partial charge in [0, 0.05) is 25.2 Å². The summed E-state index contributed by atoms with van der Waals surface area (Å²) in [6.45, 7) is 2.69. The highest BCUT2D eigenvalue weighted by Crippen LogP contribution is 2.34. The average molecular weight is 241 g/mol. The Morgan fingerprint density at radius 1 is 1.35 bits per heavy atom. The van der Waals surface area contributed by atoms with Crippen LogP contribution in [0.1, 0.15) is 25.7 Å². The molecule has 0 aromatic rings. The Morgan fingerprint density at radius 2 is 2.12 bits per heavy atom. The van der Waals surface area contributed by atoms with E-state index in [4.69, 9.17) is 5.73 Å². The number of aliphatic hydroxyl groups excluding tert-OH is 1. The molecule has 4 unspecified atom stereocenters. The number of β-amino-alcohol motifs (C(OH)–C–C–N with tert-alkyl or cyclic N) is 1. The van der Waals surface area contributed by atoms with E-state index in [9.17, 15) is 5.11 Å². The molecular formula is C13H27N3O. The van der Waals surface area contributed by atoms with E-state index in [2.05, 4.69) is 23.9 Å². The Kier molecular flexibility index (Phi) is 4.42. The Hall–Kier alpha value is -0.160. The lowest BCUT2D eigenvalue weighted by atomic mass is 10.0. The third-order valence-corrected chi connectivity index (χ3v) is 4.36. The van der Waals surface area contributed by atoms with Crippen molar-refractivity contribution in [3.63, 3.8) is 0 Å². The predicted molar refractivity (Wildman–Crippen MR) is 69.9 cm³/mol. The number of likely N-dealkylation sites (tertiary alicyclic amines) is 1. The van der Waals surface area contributed by atoms with Gasteiger partial charge in [0.05, 0.1) is 6.10 Å². The zero-order valence-corrected chi connectivity index (χ0v) is 11.2. The molecule has 1 heterocycles. The Balaban J connectivity index is 2.01. The van der Waals surface area contributed by atoms with Gasteiger partial charge in [0.15, 0.2) is 0 Å². The molecule has 0 radical (unpaired) electrons. The minimum Gasteiger partial charge on any atom is -0.392 e. The lowest BCUT2D eigenvalue weighted by molar-refractivity contribution is 0.115. The van der Waals surface area contributed by atoms with Crippen molar-refractivity contribution in [2.24, 2.45) is 11.7 Å². The van der Waals surface area contributed by atoms with Crippen LogP contribution in [0.2, 0.25) is 0 Å². The first-order valence-electron chi connectivity index (χ1n) is 6.90. The van der Waals surface area contributed by atoms with E-state index < -0.39 is 0 Å². The van der Waals surface area contributed by atoms with Gasteiger partial charge in [0.1, 0.15) is 0 Å². The SMILES string of the molecule is CN(C)CC1CC(O)CN1C1CCCC1CN. The summed E-state index contributed by atoms with van der Waals surface area (Å²) in [4.78, 5) is 4.76. The van der Waals surface area contributed by atoms with Gasteiger partial charge in [0.25, 0.3) is 0 Å². The van der Waals surface area contributed by atoms with Crippen molar-refractivity contribution in [3.05, 3.63) is 0 Å². The smallest absolute Gasteiger partial charge is 0.0682 e. The topological polar surface area (TPSA) is 52.7 Å². The Morgan fingerprint density at radius 3 is 2.76 bits per heavy atom. The number of nitrogens with zero attached hydrogens (tertiary/aromatic N) is 2. The second kappa shape index (κ2) is 5.65. The van der Waals surface area contributed by atoms with E-state index in [0.29, 0.717) is 18.0 Å². The van der Waals surface area contributed by atoms with Crippen molar-refractivity contribution in [3.8, 4) is 0 Å². The molecule has 2 fully saturated rings. The van der Waals surface area contributed by atoms with E-state index in [-0.39, 0.29) is 6.10 Å². The molecule has 3 N–H and O–H groups in total. The van der Waals surface area contributed by atoms with Crippen LogP contribution >= 0.6 is 0 Å². The monoisotopic (exact) mass is 241 g/mol. The van der Waals surface area contributed by atoms with Crippen LogP contribution in [0.4, 0.5) is 0 Å². The van der Waals surface area contributed by atoms with Crippen LogP contribution in [0.25, 0.3) is 0 Å². The van der Waals surface area contributed by atoms with Crippen LogP contribution in [0.3, 0.4) is 0 Å². The summed E-state index contributed by atoms with van der Waals surface area (Å²) >= 11 is 0. The molecule has 1 saturated heterocycles. The molecule has 0 amide bonds. The zero-order valence-electron chi connectivity index (χ0n) is 11.2. The maximum atomic E-state index is 9.91. The van der Waals surface area contributed by atoms with Crippen LogP contribution < -0.4 is 5.73 Å². The molecule has 0 spiro atoms. The minimum atomic E-state index is -0.140. The summed E-state index contributed by atoms with van der Waals surface area (Å²) in [6.07, 6.45) is 4.61. The summed E-state index contributed by atoms with van der Waals surface area (Å²) in [5.74, 6) is 0.643. The molecule has 1 aliphatic heterocycles. The largest absolute Gasteiger partial charge is 0.392 e. The predicted octanol–water partition coefficient (Wildman–Crippen LogP) is 0.111. The molecule has 4 nitrogen and oxygen atoms in total. The van der Waals surface area contributed by atoms with Crippen molar-refractivity contribution in [2.75, 3.05) is 33.7 Å². The van der Waals surface area contributed by atoms with Crippen molar-refractivity contribution < 1.29 is 5.11 Å². The van der Waals surface area contributed by atoms with Gasteiger partial charge in [-0.15, -0.1) is 0 Å². The maximum Gasteiger partial charge on any atom is 0.0682 e. The van der Waals surface area contributed by atoms with Gasteiger partial charge >= 0.3 is 0 Å². The molecule has 4 heteroatoms. The van der Waals surface area contributed by atoms with Crippen LogP contribution in [0, 0.1) is 5.92 Å². The first-order valence-corrected chi connectivity index (χ1v) is 6.90. The molecule has 0 bridgehead atoms. The van der Waals surface area contributed by atoms with Crippen molar-refractivity contribution in [1.82, 2.24) is 9.80 Å². The van der Waals surface area contributed by atoms with Crippen LogP contribution in [0.5, 0.6) is 0 Å². The standard InChI is InChI=1S/C13H27N3O/c1-15(2)8-11-6-12(17)9-16(11)13-5-3-4-10(13)7-14/h10-13,17H,3-9,14H2,1-2H3. The zero-order chi connectivity index (χ0) is 12.4. The molecule has 100 valence electrons. The first kappa shape index (κ1) is 13.3. The average Bonchev–Trinajstić information content (AvgIpc) is 2.83. The fraction of sp³-hybridized carbons (Fsp3) is 1.00. The lowest BCUT2D eigenvalue weighted by Crippen LogP contribution is -2.46. The highest BCUT2D eigenvalue weighted by molar-refractivity contribution is 4.95. The molecule has 2 rings (SSSR count). The lowest BCUT2D eigenvalue weighted by Gasteiger charge is -2.35. The quantitative estimate of drug-likeness (QED) is 0.733. The molecule has 0 aromatic carbocycles. The van der Waals surface area contributed by atoms with Gasteiger partial charge in [-0.1, -0.05) is 6.42 Å². The van der Waals surface area contributed by atoms with Crippen molar-refractivity contribution in [2.45, 2.75) is 43.9 Å². The maximum absolute atomic E-state index is 9.91. The van der Waals surface area contributed by atoms with Crippen molar-refractivity contribution in [1.29, 1.82) is 0 Å². The molecule has 1 aliphatic carbocycles. The van der Waals surface area contributed by atoms with E-state index in [1.54, 1.807) is 0 Å². The van der Waals surface area contributed by atoms with Gasteiger partial charge in [-0.3, -0.25) is 4.90 Å². The number of hydrogen-bond acceptors (Lipinski definition) is 4. The summed E-state index contributed by atoms with van der Waals surface area (Å²) in [5.41, 5.74) is 5.87. The number of hydrogen-bond donors (Lipinski definition) is 2. The second-order valence-electron chi connectivity index (χ2n) is 6.00. The van der Waals surface area contributed by atoms with Gasteiger partial charge in [0.2, 0.25) is 0 Å². The van der Waals surface area contributed by atoms with E-state index >= 15 is 0 Å². The van der Waals surface area contributed by atoms with Crippen LogP contribution in [0.15, 0.2) is 0 Å². The van der Waals surface area contributed by atoms with E-state index in [1.807, 2.05) is 0 Å². The molecule has 4 atom stereocenters. The third kappa shape index (κ3) is 2.99. The number of aliphatic hydroxyl groups is 1. The second-order valence-corrected chi connectivity index (χ2v) is 6.00. The summed E-state index contributed by atoms with van der Waals surface area (Å²) < 4.78 is 0. The number of likely N-dealkylation sites (N-methyl/N-ethyl adjacent to an activating group) is 1. The molecule has 2 aliphatic rings. The molecule has 0 aromatic heterocycles. The first-order chi connectivity index (χ1) is 8.11. The normalized spacial score (nSPS) is 39.4. The summed E-state index contributed by atoms with van der Waals surface area (Å²) in [5, 5.41) is 9.91. The van der Waals surface area contributed by atoms with Gasteiger partial charge < -0.3 is 15.7 Å². The van der Waals surface area contributed by atoms with E-state index in [1.165, 1.54) is 19.3 Å².